The summed E-state index contributed by atoms with van der Waals surface area (Å²) in [6, 6.07) is 13.1. The average Bonchev–Trinajstić information content (AvgIpc) is 2.46. The molecule has 0 saturated heterocycles. The van der Waals surface area contributed by atoms with E-state index in [0.717, 1.165) is 11.3 Å². The number of hydrogen-bond acceptors (Lipinski definition) is 3. The first-order valence-electron chi connectivity index (χ1n) is 6.22. The fraction of sp³-hybridized carbons (Fsp3) is 0.133. The Morgan fingerprint density at radius 1 is 1.14 bits per heavy atom. The van der Waals surface area contributed by atoms with Crippen molar-refractivity contribution in [2.75, 3.05) is 5.32 Å². The van der Waals surface area contributed by atoms with Crippen molar-refractivity contribution < 1.29 is 18.3 Å². The molecule has 0 heterocycles. The smallest absolute Gasteiger partial charge is 0.387 e. The van der Waals surface area contributed by atoms with E-state index in [2.05, 4.69) is 10.1 Å². The first kappa shape index (κ1) is 14.8. The number of carbonyl (C=O) groups is 1. The van der Waals surface area contributed by atoms with Gasteiger partial charge in [-0.3, -0.25) is 4.79 Å². The van der Waals surface area contributed by atoms with Gasteiger partial charge in [-0.25, -0.2) is 0 Å². The minimum atomic E-state index is -2.84. The highest BCUT2D eigenvalue weighted by Gasteiger charge is 2.07. The lowest BCUT2D eigenvalue weighted by atomic mass is 10.1. The highest BCUT2D eigenvalue weighted by atomic mass is 19.3. The first-order valence-corrected chi connectivity index (χ1v) is 6.22. The standard InChI is InChI=1S/C15H14F2N2O2/c16-15(17)21-12-7-5-11(6-8-12)19-9-10-3-1-2-4-13(10)14(18)20/h1-8,15,19H,9H2,(H2,18,20). The van der Waals surface area contributed by atoms with Crippen LogP contribution >= 0.6 is 0 Å². The first-order chi connectivity index (χ1) is 10.1. The third-order valence-corrected chi connectivity index (χ3v) is 2.85. The molecule has 1 amide bonds. The summed E-state index contributed by atoms with van der Waals surface area (Å²) in [6.45, 7) is -2.44. The van der Waals surface area contributed by atoms with Crippen LogP contribution in [0.1, 0.15) is 15.9 Å². The van der Waals surface area contributed by atoms with E-state index in [1.54, 1.807) is 30.3 Å². The van der Waals surface area contributed by atoms with Crippen LogP contribution in [0.5, 0.6) is 5.75 Å². The van der Waals surface area contributed by atoms with Gasteiger partial charge in [0.1, 0.15) is 5.75 Å². The van der Waals surface area contributed by atoms with Crippen molar-refractivity contribution in [3.05, 3.63) is 59.7 Å². The molecule has 0 radical (unpaired) electrons. The maximum atomic E-state index is 12.0. The molecule has 0 aromatic heterocycles. The minimum absolute atomic E-state index is 0.0908. The second-order valence-corrected chi connectivity index (χ2v) is 4.28. The second kappa shape index (κ2) is 6.69. The van der Waals surface area contributed by atoms with Gasteiger partial charge in [-0.2, -0.15) is 8.78 Å². The molecule has 4 nitrogen and oxygen atoms in total. The van der Waals surface area contributed by atoms with Crippen molar-refractivity contribution >= 4 is 11.6 Å². The van der Waals surface area contributed by atoms with E-state index in [0.29, 0.717) is 12.1 Å². The van der Waals surface area contributed by atoms with Crippen molar-refractivity contribution in [1.82, 2.24) is 0 Å². The number of benzene rings is 2. The van der Waals surface area contributed by atoms with Gasteiger partial charge in [-0.05, 0) is 35.9 Å². The Morgan fingerprint density at radius 2 is 1.81 bits per heavy atom. The Balaban J connectivity index is 2.02. The van der Waals surface area contributed by atoms with Gasteiger partial charge in [0, 0.05) is 17.8 Å². The van der Waals surface area contributed by atoms with Crippen LogP contribution < -0.4 is 15.8 Å². The second-order valence-electron chi connectivity index (χ2n) is 4.28. The van der Waals surface area contributed by atoms with Crippen LogP contribution in [0.3, 0.4) is 0 Å². The maximum absolute atomic E-state index is 12.0. The van der Waals surface area contributed by atoms with Crippen LogP contribution in [0, 0.1) is 0 Å². The Kier molecular flexibility index (Phi) is 4.71. The Hall–Kier alpha value is -2.63. The molecule has 0 aliphatic carbocycles. The molecule has 2 aromatic rings. The molecule has 0 aliphatic heterocycles. The van der Waals surface area contributed by atoms with Crippen LogP contribution in [0.4, 0.5) is 14.5 Å². The molecule has 2 aromatic carbocycles. The van der Waals surface area contributed by atoms with E-state index < -0.39 is 12.5 Å². The summed E-state index contributed by atoms with van der Waals surface area (Å²) in [5.41, 5.74) is 7.22. The topological polar surface area (TPSA) is 64.4 Å². The SMILES string of the molecule is NC(=O)c1ccccc1CNc1ccc(OC(F)F)cc1. The Bertz CT molecular complexity index is 615. The van der Waals surface area contributed by atoms with Gasteiger partial charge in [0.15, 0.2) is 0 Å². The lowest BCUT2D eigenvalue weighted by Gasteiger charge is -2.10. The fourth-order valence-electron chi connectivity index (χ4n) is 1.87. The van der Waals surface area contributed by atoms with Crippen LogP contribution in [0.25, 0.3) is 0 Å². The van der Waals surface area contributed by atoms with Gasteiger partial charge in [-0.15, -0.1) is 0 Å². The van der Waals surface area contributed by atoms with Crippen LogP contribution in [-0.4, -0.2) is 12.5 Å². The predicted octanol–water partition coefficient (Wildman–Crippen LogP) is 3.00. The zero-order valence-corrected chi connectivity index (χ0v) is 11.1. The predicted molar refractivity (Wildman–Crippen MR) is 75.4 cm³/mol. The van der Waals surface area contributed by atoms with Crippen LogP contribution in [-0.2, 0) is 6.54 Å². The van der Waals surface area contributed by atoms with E-state index in [1.807, 2.05) is 6.07 Å². The summed E-state index contributed by atoms with van der Waals surface area (Å²) in [4.78, 5) is 11.3. The number of alkyl halides is 2. The van der Waals surface area contributed by atoms with E-state index in [4.69, 9.17) is 5.73 Å². The molecule has 3 N–H and O–H groups in total. The minimum Gasteiger partial charge on any atom is -0.435 e. The summed E-state index contributed by atoms with van der Waals surface area (Å²) in [5.74, 6) is -0.402. The van der Waals surface area contributed by atoms with Crippen molar-refractivity contribution in [2.24, 2.45) is 5.73 Å². The molecule has 2 rings (SSSR count). The number of rotatable bonds is 6. The highest BCUT2D eigenvalue weighted by molar-refractivity contribution is 5.94. The molecule has 0 bridgehead atoms. The fourth-order valence-corrected chi connectivity index (χ4v) is 1.87. The van der Waals surface area contributed by atoms with Crippen LogP contribution in [0.15, 0.2) is 48.5 Å². The zero-order chi connectivity index (χ0) is 15.2. The van der Waals surface area contributed by atoms with Crippen molar-refractivity contribution in [2.45, 2.75) is 13.2 Å². The quantitative estimate of drug-likeness (QED) is 0.860. The zero-order valence-electron chi connectivity index (χ0n) is 11.1. The van der Waals surface area contributed by atoms with Gasteiger partial charge >= 0.3 is 6.61 Å². The van der Waals surface area contributed by atoms with Crippen LogP contribution in [0.2, 0.25) is 0 Å². The van der Waals surface area contributed by atoms with E-state index >= 15 is 0 Å². The molecular formula is C15H14F2N2O2. The molecule has 0 spiro atoms. The molecule has 0 saturated carbocycles. The number of halogens is 2. The number of primary amides is 1. The van der Waals surface area contributed by atoms with Crippen molar-refractivity contribution in [3.63, 3.8) is 0 Å². The van der Waals surface area contributed by atoms with Gasteiger partial charge in [0.05, 0.1) is 0 Å². The number of hydrogen-bond donors (Lipinski definition) is 2. The van der Waals surface area contributed by atoms with Gasteiger partial charge in [0.2, 0.25) is 5.91 Å². The number of nitrogens with two attached hydrogens (primary N) is 1. The number of nitrogens with one attached hydrogen (secondary N) is 1. The third kappa shape index (κ3) is 4.17. The summed E-state index contributed by atoms with van der Waals surface area (Å²) in [5, 5.41) is 3.09. The number of ether oxygens (including phenoxy) is 1. The molecule has 21 heavy (non-hydrogen) atoms. The molecule has 0 aliphatic rings. The summed E-state index contributed by atoms with van der Waals surface area (Å²) in [7, 11) is 0. The van der Waals surface area contributed by atoms with Gasteiger partial charge < -0.3 is 15.8 Å². The number of anilines is 1. The Morgan fingerprint density at radius 3 is 2.43 bits per heavy atom. The molecule has 0 atom stereocenters. The monoisotopic (exact) mass is 292 g/mol. The third-order valence-electron chi connectivity index (χ3n) is 2.85. The summed E-state index contributed by atoms with van der Waals surface area (Å²) >= 11 is 0. The van der Waals surface area contributed by atoms with E-state index in [1.165, 1.54) is 12.1 Å². The number of amides is 1. The summed E-state index contributed by atoms with van der Waals surface area (Å²) < 4.78 is 28.3. The van der Waals surface area contributed by atoms with Gasteiger partial charge in [0.25, 0.3) is 0 Å². The van der Waals surface area contributed by atoms with E-state index in [9.17, 15) is 13.6 Å². The Labute approximate surface area is 120 Å². The lowest BCUT2D eigenvalue weighted by Crippen LogP contribution is -2.15. The normalized spacial score (nSPS) is 10.4. The van der Waals surface area contributed by atoms with Gasteiger partial charge in [-0.1, -0.05) is 18.2 Å². The van der Waals surface area contributed by atoms with Crippen molar-refractivity contribution in [3.8, 4) is 5.75 Å². The maximum Gasteiger partial charge on any atom is 0.387 e. The number of carbonyl (C=O) groups excluding carboxylic acids is 1. The molecule has 110 valence electrons. The largest absolute Gasteiger partial charge is 0.435 e. The molecule has 0 unspecified atom stereocenters. The molecule has 0 fully saturated rings. The highest BCUT2D eigenvalue weighted by Crippen LogP contribution is 2.18. The lowest BCUT2D eigenvalue weighted by molar-refractivity contribution is -0.0498. The molecular weight excluding hydrogens is 278 g/mol. The van der Waals surface area contributed by atoms with Crippen molar-refractivity contribution in [1.29, 1.82) is 0 Å². The van der Waals surface area contributed by atoms with E-state index in [-0.39, 0.29) is 5.75 Å². The average molecular weight is 292 g/mol. The molecule has 6 heteroatoms. The summed E-state index contributed by atoms with van der Waals surface area (Å²) in [6.07, 6.45) is 0.